The lowest BCUT2D eigenvalue weighted by atomic mass is 9.98. The number of H-pyrrole nitrogens is 1. The zero-order valence-electron chi connectivity index (χ0n) is 15.9. The molecule has 1 aromatic carbocycles. The number of nitrogens with one attached hydrogen (secondary N) is 1. The molecular formula is C21H25ClN2O2. The molecule has 0 fully saturated rings. The van der Waals surface area contributed by atoms with Crippen molar-refractivity contribution in [2.45, 2.75) is 41.0 Å². The second kappa shape index (κ2) is 10.5. The summed E-state index contributed by atoms with van der Waals surface area (Å²) in [6.45, 7) is 9.69. The van der Waals surface area contributed by atoms with Crippen molar-refractivity contribution in [2.24, 2.45) is 0 Å². The molecule has 5 heteroatoms. The average molecular weight is 373 g/mol. The fourth-order valence-corrected chi connectivity index (χ4v) is 2.41. The van der Waals surface area contributed by atoms with Crippen molar-refractivity contribution in [1.82, 2.24) is 10.2 Å². The van der Waals surface area contributed by atoms with E-state index in [0.29, 0.717) is 22.6 Å². The molecule has 4 nitrogen and oxygen atoms in total. The van der Waals surface area contributed by atoms with E-state index in [-0.39, 0.29) is 11.3 Å². The Bertz CT molecular complexity index is 842. The molecule has 1 N–H and O–H groups in total. The number of rotatable bonds is 5. The van der Waals surface area contributed by atoms with Crippen LogP contribution in [0.3, 0.4) is 0 Å². The van der Waals surface area contributed by atoms with Crippen LogP contribution in [0.4, 0.5) is 0 Å². The molecule has 1 aromatic heterocycles. The van der Waals surface area contributed by atoms with E-state index in [9.17, 15) is 9.59 Å². The van der Waals surface area contributed by atoms with Crippen LogP contribution in [0.1, 0.15) is 50.7 Å². The molecule has 0 aliphatic rings. The number of carbonyl (C=O) groups excluding carboxylic acids is 1. The number of aromatic amines is 1. The Kier molecular flexibility index (Phi) is 8.73. The first-order chi connectivity index (χ1) is 12.4. The SMILES string of the molecule is C/C(=C\C(C)=C(/C)C(=O)c1ccc(Cl)cc1)Cc1ccc(=O)[nH]n1.CC. The van der Waals surface area contributed by atoms with Crippen LogP contribution >= 0.6 is 11.6 Å². The summed E-state index contributed by atoms with van der Waals surface area (Å²) < 4.78 is 0. The molecule has 0 radical (unpaired) electrons. The summed E-state index contributed by atoms with van der Waals surface area (Å²) in [5.74, 6) is -0.0182. The van der Waals surface area contributed by atoms with Crippen molar-refractivity contribution in [3.8, 4) is 0 Å². The Morgan fingerprint density at radius 3 is 2.23 bits per heavy atom. The minimum Gasteiger partial charge on any atom is -0.289 e. The maximum atomic E-state index is 12.5. The van der Waals surface area contributed by atoms with Crippen molar-refractivity contribution < 1.29 is 4.79 Å². The number of carbonyl (C=O) groups is 1. The smallest absolute Gasteiger partial charge is 0.264 e. The Balaban J connectivity index is 0.00000163. The van der Waals surface area contributed by atoms with Gasteiger partial charge in [0.1, 0.15) is 0 Å². The minimum atomic E-state index is -0.221. The second-order valence-electron chi connectivity index (χ2n) is 5.72. The van der Waals surface area contributed by atoms with Crippen molar-refractivity contribution in [3.05, 3.63) is 85.8 Å². The highest BCUT2D eigenvalue weighted by Gasteiger charge is 2.10. The summed E-state index contributed by atoms with van der Waals surface area (Å²) in [5, 5.41) is 7.01. The van der Waals surface area contributed by atoms with Gasteiger partial charge in [-0.25, -0.2) is 5.10 Å². The van der Waals surface area contributed by atoms with Gasteiger partial charge in [0.25, 0.3) is 5.56 Å². The number of aromatic nitrogens is 2. The number of ketones is 1. The average Bonchev–Trinajstić information content (AvgIpc) is 2.64. The zero-order chi connectivity index (χ0) is 19.7. The standard InChI is InChI=1S/C19H19ClN2O2.C2H6/c1-12(11-17-8-9-18(23)22-21-17)10-13(2)14(3)19(24)15-4-6-16(20)7-5-15;1-2/h4-10H,11H2,1-3H3,(H,22,23);1-2H3/b12-10+,14-13+;. The number of hydrogen-bond acceptors (Lipinski definition) is 3. The molecule has 1 heterocycles. The molecule has 0 saturated carbocycles. The highest BCUT2D eigenvalue weighted by molar-refractivity contribution is 6.30. The van der Waals surface area contributed by atoms with Gasteiger partial charge in [-0.15, -0.1) is 0 Å². The van der Waals surface area contributed by atoms with E-state index in [0.717, 1.165) is 16.8 Å². The zero-order valence-corrected chi connectivity index (χ0v) is 16.6. The maximum Gasteiger partial charge on any atom is 0.264 e. The van der Waals surface area contributed by atoms with Crippen LogP contribution in [0.15, 0.2) is 64.0 Å². The molecule has 0 atom stereocenters. The Morgan fingerprint density at radius 1 is 1.08 bits per heavy atom. The van der Waals surface area contributed by atoms with Gasteiger partial charge in [-0.3, -0.25) is 9.59 Å². The third-order valence-corrected chi connectivity index (χ3v) is 3.95. The van der Waals surface area contributed by atoms with Gasteiger partial charge in [0, 0.05) is 23.1 Å². The van der Waals surface area contributed by atoms with E-state index in [1.54, 1.807) is 30.3 Å². The van der Waals surface area contributed by atoms with Crippen molar-refractivity contribution >= 4 is 17.4 Å². The first-order valence-corrected chi connectivity index (χ1v) is 8.94. The van der Waals surface area contributed by atoms with Gasteiger partial charge in [-0.1, -0.05) is 37.1 Å². The topological polar surface area (TPSA) is 62.8 Å². The first kappa shape index (κ1) is 21.6. The number of benzene rings is 1. The molecule has 0 bridgehead atoms. The van der Waals surface area contributed by atoms with E-state index < -0.39 is 0 Å². The predicted octanol–water partition coefficient (Wildman–Crippen LogP) is 5.16. The van der Waals surface area contributed by atoms with Crippen LogP contribution < -0.4 is 5.56 Å². The van der Waals surface area contributed by atoms with Gasteiger partial charge in [-0.2, -0.15) is 5.10 Å². The molecule has 0 aliphatic heterocycles. The summed E-state index contributed by atoms with van der Waals surface area (Å²) in [6, 6.07) is 10.0. The van der Waals surface area contributed by atoms with Gasteiger partial charge >= 0.3 is 0 Å². The van der Waals surface area contributed by atoms with Crippen LogP contribution in [0.25, 0.3) is 0 Å². The summed E-state index contributed by atoms with van der Waals surface area (Å²) in [6.07, 6.45) is 2.58. The highest BCUT2D eigenvalue weighted by atomic mass is 35.5. The fourth-order valence-electron chi connectivity index (χ4n) is 2.28. The van der Waals surface area contributed by atoms with E-state index in [1.165, 1.54) is 6.07 Å². The van der Waals surface area contributed by atoms with E-state index >= 15 is 0 Å². The van der Waals surface area contributed by atoms with Gasteiger partial charge in [-0.05, 0) is 62.2 Å². The van der Waals surface area contributed by atoms with Gasteiger partial charge in [0.2, 0.25) is 0 Å². The molecule has 2 rings (SSSR count). The Morgan fingerprint density at radius 2 is 1.69 bits per heavy atom. The fraction of sp³-hybridized carbons (Fsp3) is 0.286. The van der Waals surface area contributed by atoms with Crippen molar-refractivity contribution in [2.75, 3.05) is 0 Å². The summed E-state index contributed by atoms with van der Waals surface area (Å²) in [5.41, 5.74) is 3.81. The third kappa shape index (κ3) is 6.45. The largest absolute Gasteiger partial charge is 0.289 e. The summed E-state index contributed by atoms with van der Waals surface area (Å²) >= 11 is 5.85. The van der Waals surface area contributed by atoms with Crippen LogP contribution in [-0.2, 0) is 6.42 Å². The minimum absolute atomic E-state index is 0.0182. The van der Waals surface area contributed by atoms with Crippen molar-refractivity contribution in [3.63, 3.8) is 0 Å². The van der Waals surface area contributed by atoms with Crippen LogP contribution in [0, 0.1) is 0 Å². The normalized spacial score (nSPS) is 12.0. The Labute approximate surface area is 159 Å². The summed E-state index contributed by atoms with van der Waals surface area (Å²) in [4.78, 5) is 23.5. The van der Waals surface area contributed by atoms with Gasteiger partial charge in [0.05, 0.1) is 5.69 Å². The molecule has 2 aromatic rings. The van der Waals surface area contributed by atoms with Crippen LogP contribution in [-0.4, -0.2) is 16.0 Å². The number of hydrogen-bond donors (Lipinski definition) is 1. The van der Waals surface area contributed by atoms with Gasteiger partial charge in [0.15, 0.2) is 5.78 Å². The molecular weight excluding hydrogens is 348 g/mol. The lowest BCUT2D eigenvalue weighted by molar-refractivity contribution is 0.103. The molecule has 0 unspecified atom stereocenters. The van der Waals surface area contributed by atoms with Crippen LogP contribution in [0.2, 0.25) is 5.02 Å². The third-order valence-electron chi connectivity index (χ3n) is 3.70. The van der Waals surface area contributed by atoms with Gasteiger partial charge < -0.3 is 0 Å². The summed E-state index contributed by atoms with van der Waals surface area (Å²) in [7, 11) is 0. The quantitative estimate of drug-likeness (QED) is 0.448. The number of halogens is 1. The highest BCUT2D eigenvalue weighted by Crippen LogP contribution is 2.17. The van der Waals surface area contributed by atoms with E-state index in [2.05, 4.69) is 10.2 Å². The van der Waals surface area contributed by atoms with E-state index in [1.807, 2.05) is 40.7 Å². The lowest BCUT2D eigenvalue weighted by Crippen LogP contribution is -2.07. The molecule has 0 aliphatic carbocycles. The van der Waals surface area contributed by atoms with E-state index in [4.69, 9.17) is 11.6 Å². The molecule has 0 amide bonds. The lowest BCUT2D eigenvalue weighted by Gasteiger charge is -2.06. The number of allylic oxidation sites excluding steroid dienone is 4. The molecule has 138 valence electrons. The number of nitrogens with zero attached hydrogens (tertiary/aromatic N) is 1. The maximum absolute atomic E-state index is 12.5. The predicted molar refractivity (Wildman–Crippen MR) is 108 cm³/mol. The van der Waals surface area contributed by atoms with Crippen LogP contribution in [0.5, 0.6) is 0 Å². The molecule has 0 spiro atoms. The first-order valence-electron chi connectivity index (χ1n) is 8.56. The Hall–Kier alpha value is -2.46. The monoisotopic (exact) mass is 372 g/mol. The second-order valence-corrected chi connectivity index (χ2v) is 6.16. The van der Waals surface area contributed by atoms with Crippen molar-refractivity contribution in [1.29, 1.82) is 0 Å². The molecule has 26 heavy (non-hydrogen) atoms. The number of Topliss-reactive ketones (excluding diaryl/α,β-unsaturated/α-hetero) is 1. The molecule has 0 saturated heterocycles.